The van der Waals surface area contributed by atoms with Crippen LogP contribution in [0.3, 0.4) is 0 Å². The number of hydrogen-bond acceptors (Lipinski definition) is 4. The quantitative estimate of drug-likeness (QED) is 0.334. The zero-order chi connectivity index (χ0) is 25.4. The van der Waals surface area contributed by atoms with Crippen molar-refractivity contribution in [2.75, 3.05) is 5.32 Å². The molecule has 2 aromatic heterocycles. The molecule has 1 N–H and O–H groups in total. The molecule has 0 saturated heterocycles. The van der Waals surface area contributed by atoms with Crippen molar-refractivity contribution < 1.29 is 22.0 Å². The monoisotopic (exact) mass is 488 g/mol. The number of anilines is 2. The average molecular weight is 488 g/mol. The molecule has 35 heavy (non-hydrogen) atoms. The molecule has 2 aromatic carbocycles. The first-order valence-corrected chi connectivity index (χ1v) is 10.2. The third-order valence-corrected chi connectivity index (χ3v) is 5.32. The fourth-order valence-corrected chi connectivity index (χ4v) is 3.52. The Kier molecular flexibility index (Phi) is 6.25. The predicted molar refractivity (Wildman–Crippen MR) is 119 cm³/mol. The van der Waals surface area contributed by atoms with E-state index >= 15 is 0 Å². The fourth-order valence-electron chi connectivity index (χ4n) is 3.52. The number of halogens is 5. The zero-order valence-corrected chi connectivity index (χ0v) is 18.4. The van der Waals surface area contributed by atoms with E-state index in [1.54, 1.807) is 13.0 Å². The summed E-state index contributed by atoms with van der Waals surface area (Å²) in [5.41, 5.74) is -1.08. The van der Waals surface area contributed by atoms with Crippen molar-refractivity contribution in [1.29, 1.82) is 0 Å². The van der Waals surface area contributed by atoms with Gasteiger partial charge in [0.15, 0.2) is 17.5 Å². The molecule has 11 heteroatoms. The highest BCUT2D eigenvalue weighted by Crippen LogP contribution is 2.29. The van der Waals surface area contributed by atoms with E-state index < -0.39 is 40.2 Å². The summed E-state index contributed by atoms with van der Waals surface area (Å²) >= 11 is 0. The maximum atomic E-state index is 14.8. The molecule has 0 fully saturated rings. The molecule has 4 rings (SSSR count). The smallest absolute Gasteiger partial charge is 0.310 e. The van der Waals surface area contributed by atoms with E-state index in [9.17, 15) is 31.5 Å². The Hall–Kier alpha value is -4.28. The first-order valence-electron chi connectivity index (χ1n) is 10.2. The third kappa shape index (κ3) is 4.70. The number of aryl methyl sites for hydroxylation is 2. The van der Waals surface area contributed by atoms with Crippen molar-refractivity contribution in [2.24, 2.45) is 7.05 Å². The third-order valence-electron chi connectivity index (χ3n) is 5.32. The number of rotatable bonds is 5. The highest BCUT2D eigenvalue weighted by molar-refractivity contribution is 5.72. The Labute approximate surface area is 194 Å². The van der Waals surface area contributed by atoms with Crippen molar-refractivity contribution in [2.45, 2.75) is 13.5 Å². The molecular formula is C24H17F5N4O2. The zero-order valence-electron chi connectivity index (χ0n) is 18.4. The van der Waals surface area contributed by atoms with Gasteiger partial charge in [0.2, 0.25) is 11.8 Å². The van der Waals surface area contributed by atoms with Gasteiger partial charge in [0.25, 0.3) is 5.56 Å². The number of hydrogen-bond donors (Lipinski definition) is 1. The van der Waals surface area contributed by atoms with Crippen LogP contribution >= 0.6 is 0 Å². The predicted octanol–water partition coefficient (Wildman–Crippen LogP) is 4.40. The van der Waals surface area contributed by atoms with Crippen LogP contribution in [0.1, 0.15) is 11.1 Å². The van der Waals surface area contributed by atoms with Crippen LogP contribution in [0.5, 0.6) is 0 Å². The van der Waals surface area contributed by atoms with E-state index in [2.05, 4.69) is 10.3 Å². The lowest BCUT2D eigenvalue weighted by Gasteiger charge is -2.17. The van der Waals surface area contributed by atoms with Gasteiger partial charge in [-0.2, -0.15) is 9.37 Å². The SMILES string of the molecule is Cc1cc(F)c(-c2cccn(C)c2=O)cc1Nc1nc(=O)c(F)cn1Cc1cc(F)c(F)c(F)c1. The van der Waals surface area contributed by atoms with Crippen LogP contribution in [0.25, 0.3) is 11.1 Å². The largest absolute Gasteiger partial charge is 0.325 e. The van der Waals surface area contributed by atoms with Crippen molar-refractivity contribution in [3.63, 3.8) is 0 Å². The Balaban J connectivity index is 1.79. The van der Waals surface area contributed by atoms with Gasteiger partial charge in [0.05, 0.1) is 12.1 Å². The van der Waals surface area contributed by atoms with Crippen LogP contribution in [0.2, 0.25) is 0 Å². The van der Waals surface area contributed by atoms with E-state index in [1.165, 1.54) is 36.0 Å². The van der Waals surface area contributed by atoms with Crippen LogP contribution in [-0.2, 0) is 13.6 Å². The Morgan fingerprint density at radius 2 is 1.60 bits per heavy atom. The van der Waals surface area contributed by atoms with Gasteiger partial charge in [0, 0.05) is 30.7 Å². The summed E-state index contributed by atoms with van der Waals surface area (Å²) in [5, 5.41) is 2.79. The molecule has 0 aliphatic rings. The molecule has 180 valence electrons. The van der Waals surface area contributed by atoms with Gasteiger partial charge in [-0.3, -0.25) is 9.59 Å². The van der Waals surface area contributed by atoms with Gasteiger partial charge in [-0.15, -0.1) is 0 Å². The number of nitrogens with one attached hydrogen (secondary N) is 1. The van der Waals surface area contributed by atoms with Crippen molar-refractivity contribution >= 4 is 11.6 Å². The molecule has 0 unspecified atom stereocenters. The maximum absolute atomic E-state index is 14.8. The Bertz CT molecular complexity index is 1560. The molecule has 0 aliphatic heterocycles. The van der Waals surface area contributed by atoms with Crippen molar-refractivity contribution in [1.82, 2.24) is 14.1 Å². The summed E-state index contributed by atoms with van der Waals surface area (Å²) < 4.78 is 71.7. The van der Waals surface area contributed by atoms with Gasteiger partial charge in [-0.25, -0.2) is 17.6 Å². The van der Waals surface area contributed by atoms with E-state index in [-0.39, 0.29) is 34.9 Å². The molecular weight excluding hydrogens is 471 g/mol. The van der Waals surface area contributed by atoms with Crippen LogP contribution in [0, 0.1) is 36.0 Å². The Morgan fingerprint density at radius 3 is 2.29 bits per heavy atom. The summed E-state index contributed by atoms with van der Waals surface area (Å²) in [7, 11) is 1.51. The second-order valence-electron chi connectivity index (χ2n) is 7.83. The summed E-state index contributed by atoms with van der Waals surface area (Å²) in [5.74, 6) is -6.66. The van der Waals surface area contributed by atoms with Crippen LogP contribution < -0.4 is 16.4 Å². The van der Waals surface area contributed by atoms with E-state index in [4.69, 9.17) is 0 Å². The molecule has 0 radical (unpaired) electrons. The molecule has 0 bridgehead atoms. The molecule has 2 heterocycles. The molecule has 0 saturated carbocycles. The molecule has 0 atom stereocenters. The van der Waals surface area contributed by atoms with Gasteiger partial charge < -0.3 is 14.5 Å². The normalized spacial score (nSPS) is 11.1. The lowest BCUT2D eigenvalue weighted by Crippen LogP contribution is -2.20. The number of nitrogens with zero attached hydrogens (tertiary/aromatic N) is 3. The minimum absolute atomic E-state index is 0.0296. The van der Waals surface area contributed by atoms with E-state index in [1.807, 2.05) is 0 Å². The fraction of sp³-hybridized carbons (Fsp3) is 0.125. The molecule has 0 aliphatic carbocycles. The average Bonchev–Trinajstić information content (AvgIpc) is 2.79. The lowest BCUT2D eigenvalue weighted by atomic mass is 10.0. The highest BCUT2D eigenvalue weighted by atomic mass is 19.2. The highest BCUT2D eigenvalue weighted by Gasteiger charge is 2.17. The summed E-state index contributed by atoms with van der Waals surface area (Å²) in [6.45, 7) is 1.17. The number of aromatic nitrogens is 3. The topological polar surface area (TPSA) is 68.9 Å². The molecule has 4 aromatic rings. The van der Waals surface area contributed by atoms with Gasteiger partial charge in [-0.1, -0.05) is 0 Å². The number of pyridine rings is 1. The molecule has 0 amide bonds. The second kappa shape index (κ2) is 9.16. The van der Waals surface area contributed by atoms with Gasteiger partial charge >= 0.3 is 5.56 Å². The second-order valence-corrected chi connectivity index (χ2v) is 7.83. The van der Waals surface area contributed by atoms with E-state index in [0.717, 1.165) is 22.9 Å². The van der Waals surface area contributed by atoms with Crippen LogP contribution in [0.4, 0.5) is 33.6 Å². The van der Waals surface area contributed by atoms with Gasteiger partial charge in [-0.05, 0) is 54.4 Å². The van der Waals surface area contributed by atoms with Crippen molar-refractivity contribution in [3.8, 4) is 11.1 Å². The van der Waals surface area contributed by atoms with Crippen molar-refractivity contribution in [3.05, 3.63) is 110 Å². The van der Waals surface area contributed by atoms with Crippen LogP contribution in [0.15, 0.2) is 58.4 Å². The summed E-state index contributed by atoms with van der Waals surface area (Å²) in [6, 6.07) is 6.97. The Morgan fingerprint density at radius 1 is 0.914 bits per heavy atom. The standard InChI is InChI=1S/C24H17F5N4O2/c1-12-6-16(25)15(14-4-3-5-32(2)23(14)35)9-20(12)30-24-31-22(34)19(28)11-33(24)10-13-7-17(26)21(29)18(27)8-13/h3-9,11H,10H2,1-2H3,(H,30,31,34). The van der Waals surface area contributed by atoms with E-state index in [0.29, 0.717) is 5.56 Å². The number of benzene rings is 2. The van der Waals surface area contributed by atoms with Crippen LogP contribution in [-0.4, -0.2) is 14.1 Å². The summed E-state index contributed by atoms with van der Waals surface area (Å²) in [4.78, 5) is 28.0. The minimum atomic E-state index is -1.65. The first kappa shape index (κ1) is 23.9. The lowest BCUT2D eigenvalue weighted by molar-refractivity contribution is 0.444. The van der Waals surface area contributed by atoms with Gasteiger partial charge in [0.1, 0.15) is 5.82 Å². The minimum Gasteiger partial charge on any atom is -0.325 e. The first-order chi connectivity index (χ1) is 16.5. The molecule has 6 nitrogen and oxygen atoms in total. The summed E-state index contributed by atoms with van der Waals surface area (Å²) in [6.07, 6.45) is 2.28. The molecule has 0 spiro atoms. The maximum Gasteiger partial charge on any atom is 0.310 e.